The molecule has 2 N–H and O–H groups in total. The van der Waals surface area contributed by atoms with Gasteiger partial charge in [-0.05, 0) is 69.4 Å². The van der Waals surface area contributed by atoms with Crippen molar-refractivity contribution in [3.05, 3.63) is 127 Å². The Labute approximate surface area is 218 Å². The third kappa shape index (κ3) is 5.38. The van der Waals surface area contributed by atoms with Crippen molar-refractivity contribution in [2.45, 2.75) is 0 Å². The SMILES string of the molecule is C[P+](C)(c1ccccc1)c1ccccc1.OB(O)Oc1cccc2ccc3cc4ccccc4cc3c12. The van der Waals surface area contributed by atoms with E-state index in [1.807, 2.05) is 30.3 Å². The van der Waals surface area contributed by atoms with E-state index in [1.54, 1.807) is 6.07 Å². The van der Waals surface area contributed by atoms with Crippen molar-refractivity contribution in [3.8, 4) is 5.75 Å². The lowest BCUT2D eigenvalue weighted by Gasteiger charge is -2.17. The number of rotatable bonds is 4. The van der Waals surface area contributed by atoms with E-state index in [9.17, 15) is 0 Å². The predicted octanol–water partition coefficient (Wildman–Crippen LogP) is 6.41. The second-order valence-corrected chi connectivity index (χ2v) is 13.3. The van der Waals surface area contributed by atoms with Crippen LogP contribution in [0.4, 0.5) is 0 Å². The summed E-state index contributed by atoms with van der Waals surface area (Å²) in [6.45, 7) is 4.75. The third-order valence-corrected chi connectivity index (χ3v) is 9.90. The zero-order valence-electron chi connectivity index (χ0n) is 21.0. The normalized spacial score (nSPS) is 11.2. The van der Waals surface area contributed by atoms with Crippen LogP contribution < -0.4 is 15.3 Å². The van der Waals surface area contributed by atoms with Gasteiger partial charge in [-0.2, -0.15) is 0 Å². The number of fused-ring (bicyclic) bond motifs is 4. The molecule has 0 aliphatic carbocycles. The molecule has 0 saturated heterocycles. The molecule has 3 nitrogen and oxygen atoms in total. The smallest absolute Gasteiger partial charge is 0.511 e. The van der Waals surface area contributed by atoms with Gasteiger partial charge in [0.05, 0.1) is 31.2 Å². The third-order valence-electron chi connectivity index (χ3n) is 6.72. The molecule has 0 aliphatic heterocycles. The Balaban J connectivity index is 0.000000164. The maximum atomic E-state index is 9.14. The molecule has 6 aromatic rings. The minimum Gasteiger partial charge on any atom is -0.511 e. The second kappa shape index (κ2) is 10.7. The van der Waals surface area contributed by atoms with Crippen LogP contribution in [0.3, 0.4) is 0 Å². The molecule has 0 aliphatic rings. The lowest BCUT2D eigenvalue weighted by molar-refractivity contribution is 0.289. The van der Waals surface area contributed by atoms with Crippen LogP contribution in [0.5, 0.6) is 5.75 Å². The Morgan fingerprint density at radius 3 is 1.65 bits per heavy atom. The summed E-state index contributed by atoms with van der Waals surface area (Å²) in [6, 6.07) is 43.7. The number of hydrogen-bond donors (Lipinski definition) is 2. The molecule has 0 saturated carbocycles. The van der Waals surface area contributed by atoms with Crippen molar-refractivity contribution in [1.29, 1.82) is 0 Å². The first-order valence-electron chi connectivity index (χ1n) is 12.3. The summed E-state index contributed by atoms with van der Waals surface area (Å²) in [5.74, 6) is 0.466. The highest BCUT2D eigenvalue weighted by molar-refractivity contribution is 7.88. The molecule has 0 fully saturated rings. The van der Waals surface area contributed by atoms with Gasteiger partial charge >= 0.3 is 7.32 Å². The zero-order valence-corrected chi connectivity index (χ0v) is 21.8. The fraction of sp³-hybridized carbons (Fsp3) is 0.0625. The van der Waals surface area contributed by atoms with Crippen LogP contribution >= 0.6 is 7.26 Å². The highest BCUT2D eigenvalue weighted by Crippen LogP contribution is 2.48. The molecule has 0 radical (unpaired) electrons. The van der Waals surface area contributed by atoms with Crippen LogP contribution in [-0.2, 0) is 0 Å². The van der Waals surface area contributed by atoms with Gasteiger partial charge in [0.25, 0.3) is 0 Å². The van der Waals surface area contributed by atoms with Gasteiger partial charge < -0.3 is 14.7 Å². The van der Waals surface area contributed by atoms with E-state index in [1.165, 1.54) is 16.0 Å². The summed E-state index contributed by atoms with van der Waals surface area (Å²) in [5.41, 5.74) is 0. The van der Waals surface area contributed by atoms with Gasteiger partial charge in [0.15, 0.2) is 0 Å². The Morgan fingerprint density at radius 1 is 0.541 bits per heavy atom. The van der Waals surface area contributed by atoms with E-state index in [-0.39, 0.29) is 0 Å². The van der Waals surface area contributed by atoms with Crippen LogP contribution in [0.15, 0.2) is 127 Å². The van der Waals surface area contributed by atoms with E-state index in [4.69, 9.17) is 14.7 Å². The van der Waals surface area contributed by atoms with Gasteiger partial charge in [0, 0.05) is 5.39 Å². The maximum Gasteiger partial charge on any atom is 0.707 e. The summed E-state index contributed by atoms with van der Waals surface area (Å²) in [6.07, 6.45) is 0. The Bertz CT molecular complexity index is 1610. The quantitative estimate of drug-likeness (QED) is 0.127. The summed E-state index contributed by atoms with van der Waals surface area (Å²) in [4.78, 5) is 0. The molecule has 0 aromatic heterocycles. The Morgan fingerprint density at radius 2 is 1.05 bits per heavy atom. The van der Waals surface area contributed by atoms with Crippen molar-refractivity contribution in [2.75, 3.05) is 13.3 Å². The van der Waals surface area contributed by atoms with Gasteiger partial charge in [0.2, 0.25) is 0 Å². The van der Waals surface area contributed by atoms with E-state index in [2.05, 4.69) is 104 Å². The van der Waals surface area contributed by atoms with Crippen LogP contribution in [0, 0.1) is 0 Å². The number of benzene rings is 6. The largest absolute Gasteiger partial charge is 0.707 e. The van der Waals surface area contributed by atoms with E-state index in [0.717, 1.165) is 26.9 Å². The van der Waals surface area contributed by atoms with Gasteiger partial charge in [-0.3, -0.25) is 0 Å². The molecule has 6 rings (SSSR count). The van der Waals surface area contributed by atoms with Gasteiger partial charge in [-0.1, -0.05) is 84.9 Å². The van der Waals surface area contributed by atoms with Crippen LogP contribution in [0.1, 0.15) is 0 Å². The summed E-state index contributed by atoms with van der Waals surface area (Å²) < 4.78 is 5.16. The topological polar surface area (TPSA) is 49.7 Å². The average Bonchev–Trinajstić information content (AvgIpc) is 2.93. The van der Waals surface area contributed by atoms with Crippen LogP contribution in [0.25, 0.3) is 32.3 Å². The highest BCUT2D eigenvalue weighted by Gasteiger charge is 2.30. The lowest BCUT2D eigenvalue weighted by atomic mass is 9.97. The van der Waals surface area contributed by atoms with Gasteiger partial charge in [-0.15, -0.1) is 0 Å². The molecular formula is C32H29BO3P+. The van der Waals surface area contributed by atoms with E-state index < -0.39 is 14.6 Å². The molecule has 0 unspecified atom stereocenters. The molecular weight excluding hydrogens is 474 g/mol. The van der Waals surface area contributed by atoms with Crippen molar-refractivity contribution in [2.24, 2.45) is 0 Å². The molecule has 0 heterocycles. The molecule has 5 heteroatoms. The molecule has 0 spiro atoms. The molecule has 0 atom stereocenters. The summed E-state index contributed by atoms with van der Waals surface area (Å²) in [7, 11) is -2.98. The minimum absolute atomic E-state index is 0.466. The fourth-order valence-corrected chi connectivity index (χ4v) is 6.86. The fourth-order valence-electron chi connectivity index (χ4n) is 4.73. The van der Waals surface area contributed by atoms with Crippen molar-refractivity contribution < 1.29 is 14.7 Å². The zero-order chi connectivity index (χ0) is 25.8. The van der Waals surface area contributed by atoms with Crippen molar-refractivity contribution >= 4 is 57.5 Å². The first-order valence-corrected chi connectivity index (χ1v) is 14.9. The van der Waals surface area contributed by atoms with Crippen LogP contribution in [-0.4, -0.2) is 30.7 Å². The Hall–Kier alpha value is -3.69. The average molecular weight is 503 g/mol. The Kier molecular flexibility index (Phi) is 7.25. The standard InChI is InChI=1S/C18H13BO3.C14H16P/c20-19(21)22-17-7-3-6-12-8-9-15-10-13-4-1-2-5-14(13)11-16(15)18(12)17;1-15(2,13-9-5-3-6-10-13)14-11-7-4-8-12-14/h1-11,20-21H;3-12H,1-2H3/q;+1. The molecule has 0 bridgehead atoms. The van der Waals surface area contributed by atoms with Crippen molar-refractivity contribution in [3.63, 3.8) is 0 Å². The summed E-state index contributed by atoms with van der Waals surface area (Å²) in [5, 5.41) is 27.6. The first-order chi connectivity index (χ1) is 17.9. The molecule has 6 aromatic carbocycles. The number of hydrogen-bond acceptors (Lipinski definition) is 3. The predicted molar refractivity (Wildman–Crippen MR) is 161 cm³/mol. The van der Waals surface area contributed by atoms with Crippen LogP contribution in [0.2, 0.25) is 0 Å². The van der Waals surface area contributed by atoms with Gasteiger partial charge in [0.1, 0.15) is 5.75 Å². The minimum atomic E-state index is -1.83. The second-order valence-electron chi connectivity index (χ2n) is 9.41. The van der Waals surface area contributed by atoms with Gasteiger partial charge in [-0.25, -0.2) is 0 Å². The van der Waals surface area contributed by atoms with E-state index >= 15 is 0 Å². The lowest BCUT2D eigenvalue weighted by Crippen LogP contribution is -2.20. The highest BCUT2D eigenvalue weighted by atomic mass is 31.2. The summed E-state index contributed by atoms with van der Waals surface area (Å²) >= 11 is 0. The van der Waals surface area contributed by atoms with Crippen molar-refractivity contribution in [1.82, 2.24) is 0 Å². The molecule has 37 heavy (non-hydrogen) atoms. The maximum absolute atomic E-state index is 9.14. The molecule has 182 valence electrons. The van der Waals surface area contributed by atoms with E-state index in [0.29, 0.717) is 5.75 Å². The first kappa shape index (κ1) is 25.0. The molecule has 0 amide bonds. The monoisotopic (exact) mass is 503 g/mol.